The molecule has 2 aromatic carbocycles. The number of ether oxygens (including phenoxy) is 2. The molecular weight excluding hydrogens is 395 g/mol. The van der Waals surface area contributed by atoms with E-state index in [1.807, 2.05) is 0 Å². The largest absolute Gasteiger partial charge is 0.494 e. The lowest BCUT2D eigenvalue weighted by Gasteiger charge is -2.34. The summed E-state index contributed by atoms with van der Waals surface area (Å²) in [5.74, 6) is -1.99. The monoisotopic (exact) mass is 416 g/mol. The van der Waals surface area contributed by atoms with Gasteiger partial charge in [-0.1, -0.05) is 0 Å². The molecule has 2 amide bonds. The highest BCUT2D eigenvalue weighted by molar-refractivity contribution is 6.04. The number of methoxy groups -OCH3 is 1. The Hall–Kier alpha value is -3.50. The number of morpholine rings is 1. The summed E-state index contributed by atoms with van der Waals surface area (Å²) in [6.45, 7) is 0.215. The molecule has 1 saturated heterocycles. The van der Waals surface area contributed by atoms with Crippen molar-refractivity contribution < 1.29 is 28.6 Å². The zero-order valence-electron chi connectivity index (χ0n) is 16.1. The van der Waals surface area contributed by atoms with Crippen LogP contribution in [0.1, 0.15) is 5.56 Å². The minimum atomic E-state index is -1.78. The first-order valence-corrected chi connectivity index (χ1v) is 9.01. The number of rotatable bonds is 6. The second-order valence-electron chi connectivity index (χ2n) is 6.52. The maximum Gasteiger partial charge on any atom is 0.259 e. The van der Waals surface area contributed by atoms with E-state index in [1.54, 1.807) is 0 Å². The Morgan fingerprint density at radius 1 is 1.37 bits per heavy atom. The molecule has 30 heavy (non-hydrogen) atoms. The van der Waals surface area contributed by atoms with Crippen LogP contribution < -0.4 is 20.7 Å². The number of aliphatic hydroxyl groups is 1. The summed E-state index contributed by atoms with van der Waals surface area (Å²) in [5, 5.41) is 20.3. The van der Waals surface area contributed by atoms with Gasteiger partial charge in [0.05, 0.1) is 19.4 Å². The number of nitrogens with one attached hydrogen (secondary N) is 2. The number of nitrogens with zero attached hydrogens (tertiary/aromatic N) is 1. The Morgan fingerprint density at radius 2 is 2.07 bits per heavy atom. The van der Waals surface area contributed by atoms with E-state index in [0.717, 1.165) is 6.07 Å². The lowest BCUT2D eigenvalue weighted by Crippen LogP contribution is -2.55. The summed E-state index contributed by atoms with van der Waals surface area (Å²) in [7, 11) is 1.35. The van der Waals surface area contributed by atoms with Gasteiger partial charge in [-0.2, -0.15) is 0 Å². The Kier molecular flexibility index (Phi) is 6.28. The van der Waals surface area contributed by atoms with Crippen LogP contribution in [0.4, 0.5) is 15.8 Å². The minimum absolute atomic E-state index is 0.0641. The van der Waals surface area contributed by atoms with Crippen molar-refractivity contribution in [2.75, 3.05) is 30.5 Å². The number of carbonyl (C=O) groups is 2. The van der Waals surface area contributed by atoms with Crippen LogP contribution in [-0.2, 0) is 14.3 Å². The second-order valence-corrected chi connectivity index (χ2v) is 6.52. The van der Waals surface area contributed by atoms with Gasteiger partial charge in [-0.25, -0.2) is 4.39 Å². The lowest BCUT2D eigenvalue weighted by atomic mass is 10.1. The van der Waals surface area contributed by atoms with Crippen LogP contribution in [0, 0.1) is 11.2 Å². The Balaban J connectivity index is 1.74. The molecule has 0 unspecified atom stereocenters. The van der Waals surface area contributed by atoms with E-state index < -0.39 is 29.8 Å². The SMILES string of the molecule is COc1cc(F)ccc1N1CCO[C@H]([C@@H](O)C(=O)Nc2ccc(C(=N)N)cc2)C1=O. The molecular formula is C20H21FN4O5. The van der Waals surface area contributed by atoms with Crippen molar-refractivity contribution in [1.29, 1.82) is 5.41 Å². The van der Waals surface area contributed by atoms with Crippen molar-refractivity contribution in [3.05, 3.63) is 53.8 Å². The number of nitrogen functional groups attached to an aromatic ring is 1. The average molecular weight is 416 g/mol. The molecule has 0 bridgehead atoms. The van der Waals surface area contributed by atoms with Crippen LogP contribution in [0.3, 0.4) is 0 Å². The third-order valence-electron chi connectivity index (χ3n) is 4.57. The molecule has 0 aliphatic carbocycles. The predicted molar refractivity (Wildman–Crippen MR) is 107 cm³/mol. The van der Waals surface area contributed by atoms with E-state index in [9.17, 15) is 19.1 Å². The van der Waals surface area contributed by atoms with E-state index >= 15 is 0 Å². The zero-order valence-corrected chi connectivity index (χ0v) is 16.1. The standard InChI is InChI=1S/C20H21FN4O5/c1-29-15-10-12(21)4-7-14(15)25-8-9-30-17(20(25)28)16(26)19(27)24-13-5-2-11(3-6-13)18(22)23/h2-7,10,16-17,26H,8-9H2,1H3,(H3,22,23)(H,24,27)/t16-,17-/m1/s1. The van der Waals surface area contributed by atoms with Crippen LogP contribution in [0.5, 0.6) is 5.75 Å². The van der Waals surface area contributed by atoms with Crippen molar-refractivity contribution in [3.63, 3.8) is 0 Å². The Morgan fingerprint density at radius 3 is 2.70 bits per heavy atom. The minimum Gasteiger partial charge on any atom is -0.494 e. The van der Waals surface area contributed by atoms with Crippen LogP contribution in [0.25, 0.3) is 0 Å². The molecule has 0 aromatic heterocycles. The zero-order chi connectivity index (χ0) is 21.8. The fourth-order valence-electron chi connectivity index (χ4n) is 3.03. The molecule has 9 nitrogen and oxygen atoms in total. The molecule has 2 atom stereocenters. The number of hydrogen-bond acceptors (Lipinski definition) is 6. The van der Waals surface area contributed by atoms with Crippen LogP contribution >= 0.6 is 0 Å². The highest BCUT2D eigenvalue weighted by Gasteiger charge is 2.40. The van der Waals surface area contributed by atoms with Gasteiger partial charge in [-0.15, -0.1) is 0 Å². The summed E-state index contributed by atoms with van der Waals surface area (Å²) in [5.41, 5.74) is 6.52. The van der Waals surface area contributed by atoms with Crippen molar-refractivity contribution in [1.82, 2.24) is 0 Å². The third-order valence-corrected chi connectivity index (χ3v) is 4.57. The average Bonchev–Trinajstić information content (AvgIpc) is 2.74. The predicted octanol–water partition coefficient (Wildman–Crippen LogP) is 0.850. The normalized spacial score (nSPS) is 17.4. The number of benzene rings is 2. The van der Waals surface area contributed by atoms with Crippen LogP contribution in [-0.4, -0.2) is 55.2 Å². The lowest BCUT2D eigenvalue weighted by molar-refractivity contribution is -0.150. The van der Waals surface area contributed by atoms with E-state index in [2.05, 4.69) is 5.32 Å². The summed E-state index contributed by atoms with van der Waals surface area (Å²) in [4.78, 5) is 26.6. The molecule has 1 aliphatic rings. The maximum atomic E-state index is 13.5. The Bertz CT molecular complexity index is 966. The fraction of sp³-hybridized carbons (Fsp3) is 0.250. The first-order valence-electron chi connectivity index (χ1n) is 9.01. The maximum absolute atomic E-state index is 13.5. The number of amides is 2. The first-order chi connectivity index (χ1) is 14.3. The number of aliphatic hydroxyl groups excluding tert-OH is 1. The number of nitrogens with two attached hydrogens (primary N) is 1. The summed E-state index contributed by atoms with van der Waals surface area (Å²) in [6.07, 6.45) is -3.22. The van der Waals surface area contributed by atoms with Gasteiger partial charge in [-0.3, -0.25) is 15.0 Å². The van der Waals surface area contributed by atoms with Gasteiger partial charge in [-0.05, 0) is 36.4 Å². The number of carbonyl (C=O) groups excluding carboxylic acids is 2. The second kappa shape index (κ2) is 8.89. The molecule has 2 aromatic rings. The van der Waals surface area contributed by atoms with Gasteiger partial charge in [0.25, 0.3) is 11.8 Å². The summed E-state index contributed by atoms with van der Waals surface area (Å²) >= 11 is 0. The highest BCUT2D eigenvalue weighted by atomic mass is 19.1. The third kappa shape index (κ3) is 4.39. The Labute approximate surface area is 171 Å². The van der Waals surface area contributed by atoms with Gasteiger partial charge in [0.15, 0.2) is 12.2 Å². The topological polar surface area (TPSA) is 138 Å². The van der Waals surface area contributed by atoms with E-state index in [1.165, 1.54) is 48.4 Å². The quantitative estimate of drug-likeness (QED) is 0.407. The van der Waals surface area contributed by atoms with Gasteiger partial charge in [0.2, 0.25) is 0 Å². The van der Waals surface area contributed by atoms with Crippen LogP contribution in [0.2, 0.25) is 0 Å². The van der Waals surface area contributed by atoms with Crippen molar-refractivity contribution >= 4 is 29.0 Å². The molecule has 3 rings (SSSR count). The van der Waals surface area contributed by atoms with E-state index in [0.29, 0.717) is 16.9 Å². The molecule has 0 radical (unpaired) electrons. The number of amidine groups is 1. The smallest absolute Gasteiger partial charge is 0.259 e. The van der Waals surface area contributed by atoms with Gasteiger partial charge >= 0.3 is 0 Å². The molecule has 1 heterocycles. The number of hydrogen-bond donors (Lipinski definition) is 4. The summed E-state index contributed by atoms with van der Waals surface area (Å²) in [6, 6.07) is 9.81. The van der Waals surface area contributed by atoms with Gasteiger partial charge < -0.3 is 30.5 Å². The van der Waals surface area contributed by atoms with E-state index in [-0.39, 0.29) is 24.7 Å². The summed E-state index contributed by atoms with van der Waals surface area (Å²) < 4.78 is 24.0. The molecule has 5 N–H and O–H groups in total. The first kappa shape index (κ1) is 21.2. The molecule has 0 spiro atoms. The van der Waals surface area contributed by atoms with E-state index in [4.69, 9.17) is 20.6 Å². The molecule has 1 fully saturated rings. The highest BCUT2D eigenvalue weighted by Crippen LogP contribution is 2.31. The van der Waals surface area contributed by atoms with Crippen molar-refractivity contribution in [3.8, 4) is 5.75 Å². The van der Waals surface area contributed by atoms with Crippen molar-refractivity contribution in [2.45, 2.75) is 12.2 Å². The van der Waals surface area contributed by atoms with Crippen LogP contribution in [0.15, 0.2) is 42.5 Å². The fourth-order valence-corrected chi connectivity index (χ4v) is 3.03. The number of halogens is 1. The molecule has 10 heteroatoms. The molecule has 0 saturated carbocycles. The van der Waals surface area contributed by atoms with Gasteiger partial charge in [0, 0.05) is 23.9 Å². The number of anilines is 2. The van der Waals surface area contributed by atoms with Gasteiger partial charge in [0.1, 0.15) is 17.4 Å². The molecule has 1 aliphatic heterocycles. The molecule has 158 valence electrons. The van der Waals surface area contributed by atoms with Crippen molar-refractivity contribution in [2.24, 2.45) is 5.73 Å².